The molecule has 0 fully saturated rings. The van der Waals surface area contributed by atoms with Gasteiger partial charge in [0.15, 0.2) is 0 Å². The van der Waals surface area contributed by atoms with Crippen LogP contribution < -0.4 is 0 Å². The van der Waals surface area contributed by atoms with Crippen LogP contribution in [0, 0.1) is 0 Å². The molecule has 0 aromatic carbocycles. The summed E-state index contributed by atoms with van der Waals surface area (Å²) in [6, 6.07) is 0.741. The van der Waals surface area contributed by atoms with E-state index in [9.17, 15) is 26.3 Å². The SMILES string of the molecule is OCc1cc(C(F)(F)F)nc(C(F)(F)F)c1. The Labute approximate surface area is 85.5 Å². The van der Waals surface area contributed by atoms with E-state index in [0.29, 0.717) is 12.1 Å². The third-order valence-corrected chi connectivity index (χ3v) is 1.65. The highest BCUT2D eigenvalue weighted by molar-refractivity contribution is 5.24. The fourth-order valence-electron chi connectivity index (χ4n) is 0.969. The lowest BCUT2D eigenvalue weighted by molar-refractivity contribution is -0.150. The van der Waals surface area contributed by atoms with Gasteiger partial charge in [-0.2, -0.15) is 26.3 Å². The van der Waals surface area contributed by atoms with E-state index in [1.165, 1.54) is 0 Å². The normalized spacial score (nSPS) is 12.9. The van der Waals surface area contributed by atoms with E-state index in [2.05, 4.69) is 4.98 Å². The highest BCUT2D eigenvalue weighted by Crippen LogP contribution is 2.33. The van der Waals surface area contributed by atoms with Crippen molar-refractivity contribution in [3.63, 3.8) is 0 Å². The van der Waals surface area contributed by atoms with Gasteiger partial charge < -0.3 is 5.11 Å². The Balaban J connectivity index is 3.33. The lowest BCUT2D eigenvalue weighted by Gasteiger charge is -2.11. The maximum absolute atomic E-state index is 12.2. The fraction of sp³-hybridized carbons (Fsp3) is 0.375. The van der Waals surface area contributed by atoms with Crippen molar-refractivity contribution in [3.05, 3.63) is 29.1 Å². The van der Waals surface area contributed by atoms with Gasteiger partial charge in [0.1, 0.15) is 11.4 Å². The molecule has 0 saturated heterocycles. The average Bonchev–Trinajstić information content (AvgIpc) is 2.14. The van der Waals surface area contributed by atoms with Gasteiger partial charge in [-0.05, 0) is 17.7 Å². The molecule has 0 amide bonds. The van der Waals surface area contributed by atoms with Crippen LogP contribution in [0.3, 0.4) is 0 Å². The Hall–Kier alpha value is -1.31. The maximum atomic E-state index is 12.2. The number of aliphatic hydroxyl groups excluding tert-OH is 1. The van der Waals surface area contributed by atoms with E-state index in [4.69, 9.17) is 5.11 Å². The topological polar surface area (TPSA) is 33.1 Å². The standard InChI is InChI=1S/C8H5F6NO/c9-7(10,11)5-1-4(3-16)2-6(15-5)8(12,13)14/h1-2,16H,3H2. The van der Waals surface area contributed by atoms with Crippen molar-refractivity contribution < 1.29 is 31.4 Å². The summed E-state index contributed by atoms with van der Waals surface area (Å²) in [6.07, 6.45) is -9.96. The van der Waals surface area contributed by atoms with E-state index in [1.54, 1.807) is 0 Å². The summed E-state index contributed by atoms with van der Waals surface area (Å²) in [6.45, 7) is -0.922. The maximum Gasteiger partial charge on any atom is 0.433 e. The molecular weight excluding hydrogens is 240 g/mol. The highest BCUT2D eigenvalue weighted by atomic mass is 19.4. The lowest BCUT2D eigenvalue weighted by atomic mass is 10.2. The Morgan fingerprint density at radius 1 is 0.938 bits per heavy atom. The van der Waals surface area contributed by atoms with E-state index < -0.39 is 35.9 Å². The molecule has 0 aliphatic rings. The summed E-state index contributed by atoms with van der Waals surface area (Å²) in [5.41, 5.74) is -3.84. The van der Waals surface area contributed by atoms with Crippen molar-refractivity contribution in [2.45, 2.75) is 19.0 Å². The molecule has 0 bridgehead atoms. The molecule has 0 atom stereocenters. The molecule has 16 heavy (non-hydrogen) atoms. The second-order valence-electron chi connectivity index (χ2n) is 2.90. The summed E-state index contributed by atoms with van der Waals surface area (Å²) in [5, 5.41) is 8.56. The van der Waals surface area contributed by atoms with Gasteiger partial charge in [-0.25, -0.2) is 4.98 Å². The summed E-state index contributed by atoms with van der Waals surface area (Å²) < 4.78 is 73.0. The molecule has 1 rings (SSSR count). The van der Waals surface area contributed by atoms with Crippen LogP contribution >= 0.6 is 0 Å². The average molecular weight is 245 g/mol. The molecule has 0 aliphatic heterocycles. The van der Waals surface area contributed by atoms with Gasteiger partial charge in [0.2, 0.25) is 0 Å². The fourth-order valence-corrected chi connectivity index (χ4v) is 0.969. The van der Waals surface area contributed by atoms with Gasteiger partial charge in [0, 0.05) is 0 Å². The molecular formula is C8H5F6NO. The van der Waals surface area contributed by atoms with Crippen molar-refractivity contribution in [2.24, 2.45) is 0 Å². The molecule has 0 saturated carbocycles. The number of pyridine rings is 1. The van der Waals surface area contributed by atoms with Crippen molar-refractivity contribution in [1.82, 2.24) is 4.98 Å². The third kappa shape index (κ3) is 2.84. The summed E-state index contributed by atoms with van der Waals surface area (Å²) >= 11 is 0. The summed E-state index contributed by atoms with van der Waals surface area (Å²) in [5.74, 6) is 0. The molecule has 2 nitrogen and oxygen atoms in total. The van der Waals surface area contributed by atoms with E-state index in [1.807, 2.05) is 0 Å². The first-order valence-electron chi connectivity index (χ1n) is 3.91. The molecule has 0 unspecified atom stereocenters. The summed E-state index contributed by atoms with van der Waals surface area (Å²) in [7, 11) is 0. The summed E-state index contributed by atoms with van der Waals surface area (Å²) in [4.78, 5) is 2.46. The zero-order chi connectivity index (χ0) is 12.6. The van der Waals surface area contributed by atoms with Gasteiger partial charge in [-0.1, -0.05) is 0 Å². The zero-order valence-corrected chi connectivity index (χ0v) is 7.52. The van der Waals surface area contributed by atoms with Crippen LogP contribution in [-0.4, -0.2) is 10.1 Å². The van der Waals surface area contributed by atoms with E-state index in [0.717, 1.165) is 0 Å². The van der Waals surface area contributed by atoms with Crippen molar-refractivity contribution in [1.29, 1.82) is 0 Å². The zero-order valence-electron chi connectivity index (χ0n) is 7.52. The second kappa shape index (κ2) is 3.93. The highest BCUT2D eigenvalue weighted by Gasteiger charge is 2.38. The number of halogens is 6. The molecule has 1 N–H and O–H groups in total. The molecule has 0 spiro atoms. The Kier molecular flexibility index (Phi) is 3.13. The van der Waals surface area contributed by atoms with Gasteiger partial charge in [0.05, 0.1) is 6.61 Å². The van der Waals surface area contributed by atoms with Crippen LogP contribution in [0.2, 0.25) is 0 Å². The number of hydrogen-bond donors (Lipinski definition) is 1. The Bertz CT molecular complexity index is 351. The van der Waals surface area contributed by atoms with Gasteiger partial charge in [-0.3, -0.25) is 0 Å². The quantitative estimate of drug-likeness (QED) is 0.771. The number of alkyl halides is 6. The number of aromatic nitrogens is 1. The largest absolute Gasteiger partial charge is 0.433 e. The first kappa shape index (κ1) is 12.8. The molecule has 1 heterocycles. The van der Waals surface area contributed by atoms with Crippen LogP contribution in [-0.2, 0) is 19.0 Å². The van der Waals surface area contributed by atoms with Crippen LogP contribution in [0.25, 0.3) is 0 Å². The molecule has 1 aromatic rings. The monoisotopic (exact) mass is 245 g/mol. The molecule has 1 aromatic heterocycles. The predicted octanol–water partition coefficient (Wildman–Crippen LogP) is 2.61. The predicted molar refractivity (Wildman–Crippen MR) is 40.2 cm³/mol. The molecule has 90 valence electrons. The first-order chi connectivity index (χ1) is 7.14. The van der Waals surface area contributed by atoms with Gasteiger partial charge in [-0.15, -0.1) is 0 Å². The van der Waals surface area contributed by atoms with Crippen molar-refractivity contribution >= 4 is 0 Å². The minimum Gasteiger partial charge on any atom is -0.392 e. The van der Waals surface area contributed by atoms with E-state index in [-0.39, 0.29) is 0 Å². The molecule has 0 radical (unpaired) electrons. The Morgan fingerprint density at radius 2 is 1.31 bits per heavy atom. The number of aliphatic hydroxyl groups is 1. The van der Waals surface area contributed by atoms with Crippen molar-refractivity contribution in [3.8, 4) is 0 Å². The minimum absolute atomic E-state index is 0.370. The first-order valence-corrected chi connectivity index (χ1v) is 3.91. The van der Waals surface area contributed by atoms with Gasteiger partial charge in [0.25, 0.3) is 0 Å². The van der Waals surface area contributed by atoms with Crippen LogP contribution in [0.1, 0.15) is 17.0 Å². The number of rotatable bonds is 1. The third-order valence-electron chi connectivity index (χ3n) is 1.65. The van der Waals surface area contributed by atoms with Gasteiger partial charge >= 0.3 is 12.4 Å². The Morgan fingerprint density at radius 3 is 1.56 bits per heavy atom. The lowest BCUT2D eigenvalue weighted by Crippen LogP contribution is -2.15. The number of nitrogens with zero attached hydrogens (tertiary/aromatic N) is 1. The van der Waals surface area contributed by atoms with Crippen LogP contribution in [0.5, 0.6) is 0 Å². The van der Waals surface area contributed by atoms with Crippen molar-refractivity contribution in [2.75, 3.05) is 0 Å². The van der Waals surface area contributed by atoms with E-state index >= 15 is 0 Å². The smallest absolute Gasteiger partial charge is 0.392 e. The number of hydrogen-bond acceptors (Lipinski definition) is 2. The minimum atomic E-state index is -4.98. The molecule has 0 aliphatic carbocycles. The molecule has 8 heteroatoms. The van der Waals surface area contributed by atoms with Crippen LogP contribution in [0.4, 0.5) is 26.3 Å². The second-order valence-corrected chi connectivity index (χ2v) is 2.90. The van der Waals surface area contributed by atoms with Crippen LogP contribution in [0.15, 0.2) is 12.1 Å².